The Kier molecular flexibility index (Phi) is 7.33. The van der Waals surface area contributed by atoms with Gasteiger partial charge >= 0.3 is 0 Å². The number of hydrogen-bond donors (Lipinski definition) is 1. The minimum atomic E-state index is 0.246. The van der Waals surface area contributed by atoms with Crippen LogP contribution in [0.1, 0.15) is 59.3 Å². The molecule has 1 fully saturated rings. The van der Waals surface area contributed by atoms with Crippen molar-refractivity contribution in [2.24, 2.45) is 5.92 Å². The highest BCUT2D eigenvalue weighted by Gasteiger charge is 2.19. The van der Waals surface area contributed by atoms with Crippen LogP contribution < -0.4 is 5.32 Å². The summed E-state index contributed by atoms with van der Waals surface area (Å²) in [6.07, 6.45) is 6.50. The highest BCUT2D eigenvalue weighted by atomic mass is 16.1. The molecular formula is C15H30N2O. The summed E-state index contributed by atoms with van der Waals surface area (Å²) in [5.41, 5.74) is 0. The maximum atomic E-state index is 11.7. The number of nitrogens with one attached hydrogen (secondary N) is 1. The Morgan fingerprint density at radius 1 is 1.33 bits per heavy atom. The maximum absolute atomic E-state index is 11.7. The molecule has 1 aliphatic rings. The molecule has 1 heterocycles. The van der Waals surface area contributed by atoms with Crippen LogP contribution in [0, 0.1) is 5.92 Å². The molecular weight excluding hydrogens is 224 g/mol. The number of nitrogens with zero attached hydrogens (tertiary/aromatic N) is 1. The Hall–Kier alpha value is -0.570. The Morgan fingerprint density at radius 3 is 2.56 bits per heavy atom. The van der Waals surface area contributed by atoms with Crippen molar-refractivity contribution < 1.29 is 4.79 Å². The Bertz CT molecular complexity index is 233. The second kappa shape index (κ2) is 8.52. The van der Waals surface area contributed by atoms with E-state index in [0.29, 0.717) is 18.4 Å². The van der Waals surface area contributed by atoms with Crippen LogP contribution >= 0.6 is 0 Å². The lowest BCUT2D eigenvalue weighted by Gasteiger charge is -2.32. The van der Waals surface area contributed by atoms with Gasteiger partial charge in [0.05, 0.1) is 0 Å². The maximum Gasteiger partial charge on any atom is 0.220 e. The van der Waals surface area contributed by atoms with Crippen LogP contribution in [0.2, 0.25) is 0 Å². The molecule has 1 aliphatic heterocycles. The molecule has 18 heavy (non-hydrogen) atoms. The van der Waals surface area contributed by atoms with Gasteiger partial charge in [-0.25, -0.2) is 0 Å². The number of rotatable bonds is 7. The third kappa shape index (κ3) is 6.39. The van der Waals surface area contributed by atoms with Crippen LogP contribution in [0.25, 0.3) is 0 Å². The normalized spacial score (nSPS) is 18.2. The van der Waals surface area contributed by atoms with Gasteiger partial charge in [0.25, 0.3) is 0 Å². The molecule has 3 heteroatoms. The number of amides is 1. The van der Waals surface area contributed by atoms with Crippen molar-refractivity contribution in [2.45, 2.75) is 65.3 Å². The minimum Gasteiger partial charge on any atom is -0.353 e. The van der Waals surface area contributed by atoms with Crippen molar-refractivity contribution in [1.82, 2.24) is 10.2 Å². The van der Waals surface area contributed by atoms with E-state index in [1.165, 1.54) is 19.4 Å². The van der Waals surface area contributed by atoms with E-state index >= 15 is 0 Å². The fourth-order valence-electron chi connectivity index (χ4n) is 2.40. The number of carbonyl (C=O) groups is 1. The fraction of sp³-hybridized carbons (Fsp3) is 0.933. The second-order valence-corrected chi connectivity index (χ2v) is 5.97. The van der Waals surface area contributed by atoms with Crippen LogP contribution in [0.5, 0.6) is 0 Å². The average molecular weight is 254 g/mol. The largest absolute Gasteiger partial charge is 0.353 e. The first kappa shape index (κ1) is 15.5. The molecule has 1 rings (SSSR count). The number of hydrogen-bond acceptors (Lipinski definition) is 2. The summed E-state index contributed by atoms with van der Waals surface area (Å²) < 4.78 is 0. The predicted octanol–water partition coefficient (Wildman–Crippen LogP) is 2.80. The van der Waals surface area contributed by atoms with Crippen LogP contribution in [0.15, 0.2) is 0 Å². The molecule has 0 aromatic heterocycles. The molecule has 1 saturated heterocycles. The smallest absolute Gasteiger partial charge is 0.220 e. The van der Waals surface area contributed by atoms with Gasteiger partial charge in [-0.1, -0.05) is 27.2 Å². The zero-order valence-electron chi connectivity index (χ0n) is 12.4. The van der Waals surface area contributed by atoms with Crippen LogP contribution in [0.3, 0.4) is 0 Å². The molecule has 0 spiro atoms. The van der Waals surface area contributed by atoms with E-state index in [4.69, 9.17) is 0 Å². The summed E-state index contributed by atoms with van der Waals surface area (Å²) in [7, 11) is 0. The van der Waals surface area contributed by atoms with Crippen molar-refractivity contribution in [2.75, 3.05) is 19.6 Å². The van der Waals surface area contributed by atoms with Crippen molar-refractivity contribution in [1.29, 1.82) is 0 Å². The molecule has 0 atom stereocenters. The summed E-state index contributed by atoms with van der Waals surface area (Å²) in [6.45, 7) is 10.1. The van der Waals surface area contributed by atoms with E-state index in [2.05, 4.69) is 31.0 Å². The van der Waals surface area contributed by atoms with E-state index in [1.807, 2.05) is 0 Å². The zero-order valence-corrected chi connectivity index (χ0v) is 12.4. The lowest BCUT2D eigenvalue weighted by Crippen LogP contribution is -2.44. The van der Waals surface area contributed by atoms with Crippen LogP contribution in [-0.2, 0) is 4.79 Å². The van der Waals surface area contributed by atoms with Crippen molar-refractivity contribution >= 4 is 5.91 Å². The van der Waals surface area contributed by atoms with Gasteiger partial charge in [0.15, 0.2) is 0 Å². The van der Waals surface area contributed by atoms with Crippen molar-refractivity contribution in [3.8, 4) is 0 Å². The third-order valence-electron chi connectivity index (χ3n) is 3.73. The van der Waals surface area contributed by atoms with Crippen LogP contribution in [-0.4, -0.2) is 36.5 Å². The van der Waals surface area contributed by atoms with Gasteiger partial charge in [-0.05, 0) is 38.1 Å². The lowest BCUT2D eigenvalue weighted by atomic mass is 10.0. The zero-order chi connectivity index (χ0) is 13.4. The predicted molar refractivity (Wildman–Crippen MR) is 76.6 cm³/mol. The van der Waals surface area contributed by atoms with Crippen molar-refractivity contribution in [3.05, 3.63) is 0 Å². The SMILES string of the molecule is CCCCN1CCC(NC(=O)CCC(C)C)CC1. The fourth-order valence-corrected chi connectivity index (χ4v) is 2.40. The standard InChI is InChI=1S/C15H30N2O/c1-4-5-10-17-11-8-14(9-12-17)16-15(18)7-6-13(2)3/h13-14H,4-12H2,1-3H3,(H,16,18). The molecule has 1 N–H and O–H groups in total. The topological polar surface area (TPSA) is 32.3 Å². The van der Waals surface area contributed by atoms with E-state index in [9.17, 15) is 4.79 Å². The van der Waals surface area contributed by atoms with E-state index in [-0.39, 0.29) is 5.91 Å². The van der Waals surface area contributed by atoms with Gasteiger partial charge in [-0.15, -0.1) is 0 Å². The molecule has 1 amide bonds. The molecule has 0 aromatic rings. The first-order valence-electron chi connectivity index (χ1n) is 7.63. The monoisotopic (exact) mass is 254 g/mol. The molecule has 0 aromatic carbocycles. The number of piperidine rings is 1. The van der Waals surface area contributed by atoms with Gasteiger partial charge in [0.2, 0.25) is 5.91 Å². The first-order chi connectivity index (χ1) is 8.61. The summed E-state index contributed by atoms with van der Waals surface area (Å²) in [4.78, 5) is 14.3. The first-order valence-corrected chi connectivity index (χ1v) is 7.63. The minimum absolute atomic E-state index is 0.246. The van der Waals surface area contributed by atoms with E-state index < -0.39 is 0 Å². The quantitative estimate of drug-likeness (QED) is 0.757. The molecule has 0 bridgehead atoms. The second-order valence-electron chi connectivity index (χ2n) is 5.97. The highest BCUT2D eigenvalue weighted by molar-refractivity contribution is 5.76. The summed E-state index contributed by atoms with van der Waals surface area (Å²) in [5.74, 6) is 0.863. The third-order valence-corrected chi connectivity index (χ3v) is 3.73. The van der Waals surface area contributed by atoms with E-state index in [0.717, 1.165) is 32.4 Å². The van der Waals surface area contributed by atoms with Gasteiger partial charge in [0.1, 0.15) is 0 Å². The molecule has 0 aliphatic carbocycles. The number of likely N-dealkylation sites (tertiary alicyclic amines) is 1. The van der Waals surface area contributed by atoms with E-state index in [1.54, 1.807) is 0 Å². The van der Waals surface area contributed by atoms with Gasteiger partial charge in [-0.2, -0.15) is 0 Å². The Morgan fingerprint density at radius 2 is 2.00 bits per heavy atom. The molecule has 0 unspecified atom stereocenters. The summed E-state index contributed by atoms with van der Waals surface area (Å²) >= 11 is 0. The number of carbonyl (C=O) groups excluding carboxylic acids is 1. The van der Waals surface area contributed by atoms with Crippen molar-refractivity contribution in [3.63, 3.8) is 0 Å². The van der Waals surface area contributed by atoms with Gasteiger partial charge in [-0.3, -0.25) is 4.79 Å². The summed E-state index contributed by atoms with van der Waals surface area (Å²) in [5, 5.41) is 3.19. The molecule has 106 valence electrons. The lowest BCUT2D eigenvalue weighted by molar-refractivity contribution is -0.122. The highest BCUT2D eigenvalue weighted by Crippen LogP contribution is 2.12. The number of unbranched alkanes of at least 4 members (excludes halogenated alkanes) is 1. The molecule has 3 nitrogen and oxygen atoms in total. The molecule has 0 radical (unpaired) electrons. The summed E-state index contributed by atoms with van der Waals surface area (Å²) in [6, 6.07) is 0.419. The van der Waals surface area contributed by atoms with Crippen LogP contribution in [0.4, 0.5) is 0 Å². The average Bonchev–Trinajstić information content (AvgIpc) is 2.35. The van der Waals surface area contributed by atoms with Gasteiger partial charge in [0, 0.05) is 25.6 Å². The Balaban J connectivity index is 2.13. The molecule has 0 saturated carbocycles. The Labute approximate surface area is 112 Å². The van der Waals surface area contributed by atoms with Gasteiger partial charge < -0.3 is 10.2 Å².